The molecule has 0 saturated heterocycles. The molecule has 0 saturated carbocycles. The zero-order valence-electron chi connectivity index (χ0n) is 11.4. The van der Waals surface area contributed by atoms with Crippen LogP contribution in [0, 0.1) is 0 Å². The smallest absolute Gasteiger partial charge is 0.408 e. The van der Waals surface area contributed by atoms with Gasteiger partial charge in [-0.15, -0.1) is 0 Å². The minimum atomic E-state index is -0.896. The van der Waals surface area contributed by atoms with Crippen molar-refractivity contribution >= 4 is 12.2 Å². The number of rotatable bonds is 3. The van der Waals surface area contributed by atoms with Crippen LogP contribution in [0.2, 0.25) is 0 Å². The summed E-state index contributed by atoms with van der Waals surface area (Å²) in [7, 11) is 0. The van der Waals surface area contributed by atoms with E-state index in [1.54, 1.807) is 0 Å². The summed E-state index contributed by atoms with van der Waals surface area (Å²) in [5.74, 6) is 0. The van der Waals surface area contributed by atoms with Crippen molar-refractivity contribution in [2.24, 2.45) is 0 Å². The van der Waals surface area contributed by atoms with Crippen LogP contribution in [0.5, 0.6) is 0 Å². The summed E-state index contributed by atoms with van der Waals surface area (Å²) >= 11 is 0. The van der Waals surface area contributed by atoms with Crippen molar-refractivity contribution in [3.63, 3.8) is 0 Å². The minimum absolute atomic E-state index is 0.164. The van der Waals surface area contributed by atoms with Crippen molar-refractivity contribution in [3.8, 4) is 0 Å². The van der Waals surface area contributed by atoms with Gasteiger partial charge in [-0.3, -0.25) is 4.90 Å². The van der Waals surface area contributed by atoms with Gasteiger partial charge in [0.05, 0.1) is 6.04 Å². The Morgan fingerprint density at radius 3 is 2.28 bits per heavy atom. The van der Waals surface area contributed by atoms with E-state index in [0.717, 1.165) is 5.56 Å². The fourth-order valence-electron chi connectivity index (χ4n) is 1.97. The third-order valence-electron chi connectivity index (χ3n) is 2.70. The van der Waals surface area contributed by atoms with Crippen molar-refractivity contribution in [1.29, 1.82) is 0 Å². The molecule has 0 bridgehead atoms. The third-order valence-corrected chi connectivity index (χ3v) is 2.70. The highest BCUT2D eigenvalue weighted by molar-refractivity contribution is 5.67. The fourth-order valence-corrected chi connectivity index (χ4v) is 1.97. The van der Waals surface area contributed by atoms with Crippen LogP contribution in [0.4, 0.5) is 4.79 Å². The first kappa shape index (κ1) is 14.3. The topological polar surface area (TPSA) is 40.5 Å². The zero-order chi connectivity index (χ0) is 13.8. The normalized spacial score (nSPS) is 13.6. The van der Waals surface area contributed by atoms with Gasteiger partial charge in [0.15, 0.2) is 0 Å². The Kier molecular flexibility index (Phi) is 4.54. The molecule has 0 heterocycles. The molecule has 1 N–H and O–H groups in total. The van der Waals surface area contributed by atoms with Gasteiger partial charge in [-0.05, 0) is 33.3 Å². The Bertz CT molecular complexity index is 418. The number of benzene rings is 1. The number of amides is 1. The quantitative estimate of drug-likeness (QED) is 0.880. The van der Waals surface area contributed by atoms with Crippen LogP contribution in [0.3, 0.4) is 0 Å². The maximum absolute atomic E-state index is 11.3. The van der Waals surface area contributed by atoms with Gasteiger partial charge in [0.1, 0.15) is 0 Å². The zero-order valence-corrected chi connectivity index (χ0v) is 11.4. The molecule has 3 heteroatoms. The lowest BCUT2D eigenvalue weighted by atomic mass is 10.0. The Morgan fingerprint density at radius 2 is 1.83 bits per heavy atom. The van der Waals surface area contributed by atoms with Crippen LogP contribution >= 0.6 is 0 Å². The van der Waals surface area contributed by atoms with Crippen LogP contribution in [-0.4, -0.2) is 27.7 Å². The van der Waals surface area contributed by atoms with Gasteiger partial charge in [-0.25, -0.2) is 4.79 Å². The monoisotopic (exact) mass is 247 g/mol. The van der Waals surface area contributed by atoms with E-state index in [9.17, 15) is 9.90 Å². The van der Waals surface area contributed by atoms with E-state index in [2.05, 4.69) is 0 Å². The average Bonchev–Trinajstić information content (AvgIpc) is 2.25. The number of hydrogen-bond acceptors (Lipinski definition) is 1. The first-order valence-corrected chi connectivity index (χ1v) is 6.08. The molecule has 0 unspecified atom stereocenters. The second-order valence-corrected chi connectivity index (χ2v) is 5.33. The van der Waals surface area contributed by atoms with Crippen LogP contribution < -0.4 is 0 Å². The molecule has 0 aliphatic heterocycles. The summed E-state index contributed by atoms with van der Waals surface area (Å²) in [4.78, 5) is 12.7. The summed E-state index contributed by atoms with van der Waals surface area (Å²) in [6.07, 6.45) is 2.97. The summed E-state index contributed by atoms with van der Waals surface area (Å²) in [6.45, 7) is 7.58. The fraction of sp³-hybridized carbons (Fsp3) is 0.400. The first-order valence-electron chi connectivity index (χ1n) is 6.08. The molecule has 0 aromatic heterocycles. The van der Waals surface area contributed by atoms with Crippen molar-refractivity contribution in [2.45, 2.75) is 39.3 Å². The summed E-state index contributed by atoms with van der Waals surface area (Å²) in [6, 6.07) is 9.70. The number of hydrogen-bond donors (Lipinski definition) is 1. The second kappa shape index (κ2) is 5.71. The van der Waals surface area contributed by atoms with E-state index in [0.29, 0.717) is 0 Å². The van der Waals surface area contributed by atoms with Crippen molar-refractivity contribution in [2.75, 3.05) is 0 Å². The Labute approximate surface area is 109 Å². The van der Waals surface area contributed by atoms with E-state index in [1.807, 2.05) is 70.2 Å². The molecule has 0 spiro atoms. The highest BCUT2D eigenvalue weighted by Crippen LogP contribution is 2.18. The predicted molar refractivity (Wildman–Crippen MR) is 74.6 cm³/mol. The number of carboxylic acid groups (broad SMARTS) is 1. The molecule has 1 atom stereocenters. The molecule has 0 radical (unpaired) electrons. The molecule has 1 rings (SSSR count). The molecule has 0 fully saturated rings. The van der Waals surface area contributed by atoms with Gasteiger partial charge >= 0.3 is 6.09 Å². The Hall–Kier alpha value is -1.77. The Balaban J connectivity index is 2.83. The van der Waals surface area contributed by atoms with Gasteiger partial charge in [-0.1, -0.05) is 42.5 Å². The molecule has 1 aromatic carbocycles. The molecular weight excluding hydrogens is 226 g/mol. The van der Waals surface area contributed by atoms with Crippen molar-refractivity contribution in [1.82, 2.24) is 4.90 Å². The summed E-state index contributed by atoms with van der Waals surface area (Å²) in [5.41, 5.74) is 0.662. The molecular formula is C15H21NO2. The van der Waals surface area contributed by atoms with E-state index in [-0.39, 0.29) is 6.04 Å². The van der Waals surface area contributed by atoms with E-state index >= 15 is 0 Å². The summed E-state index contributed by atoms with van der Waals surface area (Å²) < 4.78 is 0. The average molecular weight is 247 g/mol. The molecule has 18 heavy (non-hydrogen) atoms. The summed E-state index contributed by atoms with van der Waals surface area (Å²) in [5, 5.41) is 9.27. The van der Waals surface area contributed by atoms with Crippen LogP contribution in [-0.2, 0) is 0 Å². The number of nitrogens with zero attached hydrogens (tertiary/aromatic N) is 1. The van der Waals surface area contributed by atoms with Crippen molar-refractivity contribution in [3.05, 3.63) is 42.0 Å². The Morgan fingerprint density at radius 1 is 1.28 bits per heavy atom. The third kappa shape index (κ3) is 3.91. The molecule has 1 aromatic rings. The van der Waals surface area contributed by atoms with Gasteiger partial charge in [0, 0.05) is 5.54 Å². The second-order valence-electron chi connectivity index (χ2n) is 5.33. The van der Waals surface area contributed by atoms with Gasteiger partial charge in [-0.2, -0.15) is 0 Å². The minimum Gasteiger partial charge on any atom is -0.465 e. The molecule has 98 valence electrons. The predicted octanol–water partition coefficient (Wildman–Crippen LogP) is 3.87. The highest BCUT2D eigenvalue weighted by Gasteiger charge is 2.29. The van der Waals surface area contributed by atoms with Gasteiger partial charge < -0.3 is 5.11 Å². The molecule has 0 aliphatic rings. The molecule has 0 aliphatic carbocycles. The lowest BCUT2D eigenvalue weighted by Crippen LogP contribution is -2.49. The number of carbonyl (C=O) groups is 1. The van der Waals surface area contributed by atoms with Crippen LogP contribution in [0.25, 0.3) is 6.08 Å². The largest absolute Gasteiger partial charge is 0.465 e. The van der Waals surface area contributed by atoms with Gasteiger partial charge in [0.25, 0.3) is 0 Å². The van der Waals surface area contributed by atoms with E-state index < -0.39 is 11.6 Å². The van der Waals surface area contributed by atoms with Gasteiger partial charge in [0.2, 0.25) is 0 Å². The highest BCUT2D eigenvalue weighted by atomic mass is 16.4. The standard InChI is InChI=1S/C15H21NO2/c1-12(16(14(17)18)15(2,3)4)10-11-13-8-6-5-7-9-13/h5-12H,1-4H3,(H,17,18)/t12-/m0/s1. The van der Waals surface area contributed by atoms with E-state index in [4.69, 9.17) is 0 Å². The van der Waals surface area contributed by atoms with Crippen LogP contribution in [0.1, 0.15) is 33.3 Å². The lowest BCUT2D eigenvalue weighted by molar-refractivity contribution is 0.0879. The maximum Gasteiger partial charge on any atom is 0.408 e. The molecule has 1 amide bonds. The first-order chi connectivity index (χ1) is 8.32. The molecule has 3 nitrogen and oxygen atoms in total. The van der Waals surface area contributed by atoms with Crippen LogP contribution in [0.15, 0.2) is 36.4 Å². The maximum atomic E-state index is 11.3. The lowest BCUT2D eigenvalue weighted by Gasteiger charge is -2.36. The van der Waals surface area contributed by atoms with E-state index in [1.165, 1.54) is 4.90 Å². The van der Waals surface area contributed by atoms with Crippen molar-refractivity contribution < 1.29 is 9.90 Å². The SMILES string of the molecule is C[C@@H](C=Cc1ccccc1)N(C(=O)O)C(C)(C)C.